The van der Waals surface area contributed by atoms with E-state index >= 15 is 0 Å². The van der Waals surface area contributed by atoms with Gasteiger partial charge in [-0.25, -0.2) is 0 Å². The van der Waals surface area contributed by atoms with Crippen LogP contribution in [0.4, 0.5) is 0 Å². The summed E-state index contributed by atoms with van der Waals surface area (Å²) in [7, 11) is -2.39. The molecule has 0 aromatic heterocycles. The number of rotatable bonds is 8. The summed E-state index contributed by atoms with van der Waals surface area (Å²) >= 11 is 0. The average molecular weight is 273 g/mol. The van der Waals surface area contributed by atoms with E-state index < -0.39 is 16.4 Å². The minimum atomic E-state index is -1.23. The highest BCUT2D eigenvalue weighted by atomic mass is 28.4. The van der Waals surface area contributed by atoms with E-state index in [1.54, 1.807) is 0 Å². The molecule has 1 saturated heterocycles. The molecule has 1 rings (SSSR count). The Morgan fingerprint density at radius 2 is 1.94 bits per heavy atom. The monoisotopic (exact) mass is 272 g/mol. The van der Waals surface area contributed by atoms with Gasteiger partial charge in [-0.1, -0.05) is 59.2 Å². The smallest absolute Gasteiger partial charge is 0.192 e. The Morgan fingerprint density at radius 3 is 2.35 bits per heavy atom. The zero-order valence-electron chi connectivity index (χ0n) is 12.8. The lowest BCUT2D eigenvalue weighted by atomic mass is 10.4. The fraction of sp³-hybridized carbons (Fsp3) is 1.00. The fourth-order valence-corrected chi connectivity index (χ4v) is 11.8. The first-order valence-corrected chi connectivity index (χ1v) is 13.5. The molecule has 0 radical (unpaired) electrons. The molecule has 0 amide bonds. The second-order valence-corrected chi connectivity index (χ2v) is 15.9. The molecule has 0 spiro atoms. The Kier molecular flexibility index (Phi) is 5.48. The molecule has 3 unspecified atom stereocenters. The van der Waals surface area contributed by atoms with E-state index in [1.807, 2.05) is 0 Å². The van der Waals surface area contributed by atoms with Crippen LogP contribution in [0.2, 0.25) is 37.3 Å². The van der Waals surface area contributed by atoms with Crippen molar-refractivity contribution in [3.63, 3.8) is 0 Å². The summed E-state index contributed by atoms with van der Waals surface area (Å²) < 4.78 is 6.66. The first-order chi connectivity index (χ1) is 7.89. The Balaban J connectivity index is 2.53. The van der Waals surface area contributed by atoms with Gasteiger partial charge in [-0.15, -0.1) is 0 Å². The van der Waals surface area contributed by atoms with E-state index in [0.29, 0.717) is 5.73 Å². The maximum absolute atomic E-state index is 6.66. The lowest BCUT2D eigenvalue weighted by Gasteiger charge is -2.34. The highest BCUT2D eigenvalue weighted by Crippen LogP contribution is 2.52. The molecule has 3 atom stereocenters. The van der Waals surface area contributed by atoms with Crippen molar-refractivity contribution in [2.45, 2.75) is 89.5 Å². The van der Waals surface area contributed by atoms with Gasteiger partial charge in [-0.3, -0.25) is 0 Å². The van der Waals surface area contributed by atoms with Gasteiger partial charge in [0.2, 0.25) is 0 Å². The highest BCUT2D eigenvalue weighted by Gasteiger charge is 2.55. The predicted octanol–water partition coefficient (Wildman–Crippen LogP) is 5.20. The summed E-state index contributed by atoms with van der Waals surface area (Å²) in [5, 5.41) is 0. The Morgan fingerprint density at radius 1 is 1.29 bits per heavy atom. The van der Waals surface area contributed by atoms with Gasteiger partial charge in [0.25, 0.3) is 0 Å². The van der Waals surface area contributed by atoms with Gasteiger partial charge in [-0.2, -0.15) is 0 Å². The minimum Gasteiger partial charge on any atom is -0.417 e. The second kappa shape index (κ2) is 6.02. The van der Waals surface area contributed by atoms with Gasteiger partial charge >= 0.3 is 0 Å². The van der Waals surface area contributed by atoms with Gasteiger partial charge in [-0.05, 0) is 24.6 Å². The molecule has 102 valence electrons. The van der Waals surface area contributed by atoms with Crippen LogP contribution in [0.3, 0.4) is 0 Å². The summed E-state index contributed by atoms with van der Waals surface area (Å²) in [6.45, 7) is 14.5. The molecule has 0 aromatic carbocycles. The van der Waals surface area contributed by atoms with E-state index in [2.05, 4.69) is 40.4 Å². The molecule has 1 nitrogen and oxygen atoms in total. The quantitative estimate of drug-likeness (QED) is 0.552. The molecule has 0 N–H and O–H groups in total. The van der Waals surface area contributed by atoms with Crippen LogP contribution in [-0.4, -0.2) is 22.1 Å². The lowest BCUT2D eigenvalue weighted by molar-refractivity contribution is 0.262. The maximum atomic E-state index is 6.66. The molecule has 1 heterocycles. The van der Waals surface area contributed by atoms with Crippen LogP contribution < -0.4 is 0 Å². The van der Waals surface area contributed by atoms with Crippen molar-refractivity contribution in [1.82, 2.24) is 0 Å². The molecule has 0 aromatic rings. The average Bonchev–Trinajstić information content (AvgIpc) is 2.95. The van der Waals surface area contributed by atoms with Gasteiger partial charge in [0.15, 0.2) is 8.32 Å². The number of hydrogen-bond donors (Lipinski definition) is 0. The second-order valence-electron chi connectivity index (χ2n) is 6.73. The van der Waals surface area contributed by atoms with E-state index in [0.717, 1.165) is 5.54 Å². The lowest BCUT2D eigenvalue weighted by Crippen LogP contribution is -2.46. The maximum Gasteiger partial charge on any atom is 0.192 e. The minimum absolute atomic E-state index is 0.627. The van der Waals surface area contributed by atoms with Gasteiger partial charge in [0.1, 0.15) is 0 Å². The molecule has 0 bridgehead atoms. The van der Waals surface area contributed by atoms with Gasteiger partial charge in [0.05, 0.1) is 8.07 Å². The summed E-state index contributed by atoms with van der Waals surface area (Å²) in [4.78, 5) is 0. The summed E-state index contributed by atoms with van der Waals surface area (Å²) in [5.41, 5.74) is 1.59. The van der Waals surface area contributed by atoms with Crippen molar-refractivity contribution in [3.05, 3.63) is 0 Å². The van der Waals surface area contributed by atoms with E-state index in [-0.39, 0.29) is 0 Å². The van der Waals surface area contributed by atoms with Crippen molar-refractivity contribution in [2.24, 2.45) is 0 Å². The fourth-order valence-electron chi connectivity index (χ4n) is 3.06. The van der Waals surface area contributed by atoms with Crippen LogP contribution in [0.15, 0.2) is 0 Å². The molecule has 1 aliphatic rings. The van der Waals surface area contributed by atoms with Crippen LogP contribution in [0, 0.1) is 0 Å². The summed E-state index contributed by atoms with van der Waals surface area (Å²) in [5.74, 6) is 0. The Labute approximate surface area is 110 Å². The van der Waals surface area contributed by atoms with Gasteiger partial charge in [0, 0.05) is 5.73 Å². The first-order valence-electron chi connectivity index (χ1n) is 7.57. The third-order valence-electron chi connectivity index (χ3n) is 4.68. The van der Waals surface area contributed by atoms with Gasteiger partial charge < -0.3 is 4.43 Å². The van der Waals surface area contributed by atoms with Crippen LogP contribution >= 0.6 is 0 Å². The van der Waals surface area contributed by atoms with Crippen molar-refractivity contribution in [3.8, 4) is 0 Å². The molecule has 1 aliphatic heterocycles. The normalized spacial score (nSPS) is 30.4. The van der Waals surface area contributed by atoms with E-state index in [1.165, 1.54) is 37.8 Å². The molecule has 0 aliphatic carbocycles. The van der Waals surface area contributed by atoms with Crippen molar-refractivity contribution >= 4 is 16.4 Å². The molecule has 0 saturated carbocycles. The zero-order chi connectivity index (χ0) is 13.1. The SMILES string of the molecule is CCCC[Si](C)(C)C(CC)O[Si]1(C)CC1CC. The third kappa shape index (κ3) is 3.93. The van der Waals surface area contributed by atoms with Crippen LogP contribution in [0.25, 0.3) is 0 Å². The zero-order valence-corrected chi connectivity index (χ0v) is 14.8. The number of unbranched alkanes of at least 4 members (excludes halogenated alkanes) is 1. The standard InChI is InChI=1S/C14H32OSi2/c1-7-10-11-16(4,5)14(9-3)15-17(6)12-13(17)8-2/h13-14H,7-12H2,1-6H3. The van der Waals surface area contributed by atoms with E-state index in [4.69, 9.17) is 4.43 Å². The highest BCUT2D eigenvalue weighted by molar-refractivity contribution is 6.86. The topological polar surface area (TPSA) is 9.23 Å². The summed E-state index contributed by atoms with van der Waals surface area (Å²) in [6, 6.07) is 2.88. The van der Waals surface area contributed by atoms with Crippen LogP contribution in [0.1, 0.15) is 46.5 Å². The van der Waals surface area contributed by atoms with Crippen LogP contribution in [0.5, 0.6) is 0 Å². The Bertz CT molecular complexity index is 242. The molecular weight excluding hydrogens is 240 g/mol. The molecule has 17 heavy (non-hydrogen) atoms. The van der Waals surface area contributed by atoms with Crippen molar-refractivity contribution in [1.29, 1.82) is 0 Å². The number of hydrogen-bond acceptors (Lipinski definition) is 1. The van der Waals surface area contributed by atoms with Crippen molar-refractivity contribution < 1.29 is 4.43 Å². The summed E-state index contributed by atoms with van der Waals surface area (Å²) in [6.07, 6.45) is 5.31. The first kappa shape index (κ1) is 15.5. The third-order valence-corrected chi connectivity index (χ3v) is 12.8. The molecule has 3 heteroatoms. The van der Waals surface area contributed by atoms with Crippen LogP contribution in [-0.2, 0) is 4.43 Å². The van der Waals surface area contributed by atoms with E-state index in [9.17, 15) is 0 Å². The predicted molar refractivity (Wildman–Crippen MR) is 82.8 cm³/mol. The van der Waals surface area contributed by atoms with Crippen molar-refractivity contribution in [2.75, 3.05) is 0 Å². The molecular formula is C14H32OSi2. The Hall–Kier alpha value is 0.394. The molecule has 1 fully saturated rings. The largest absolute Gasteiger partial charge is 0.417 e.